The molecule has 3 amide bonds. The maximum atomic E-state index is 12.1. The SMILES string of the molecule is COc1cccc(NC(=O)Nc2nc(C)cc(NCCN(C)C(=O)O)n2)c1. The topological polar surface area (TPSA) is 129 Å². The highest BCUT2D eigenvalue weighted by Crippen LogP contribution is 2.17. The van der Waals surface area contributed by atoms with E-state index >= 15 is 0 Å². The first-order valence-electron chi connectivity index (χ1n) is 8.13. The second kappa shape index (κ2) is 9.22. The fourth-order valence-corrected chi connectivity index (χ4v) is 2.13. The summed E-state index contributed by atoms with van der Waals surface area (Å²) in [4.78, 5) is 32.4. The van der Waals surface area contributed by atoms with Crippen LogP contribution in [-0.2, 0) is 0 Å². The summed E-state index contributed by atoms with van der Waals surface area (Å²) >= 11 is 0. The zero-order valence-electron chi connectivity index (χ0n) is 15.3. The van der Waals surface area contributed by atoms with Crippen molar-refractivity contribution in [2.75, 3.05) is 43.2 Å². The number of carboxylic acid groups (broad SMARTS) is 1. The highest BCUT2D eigenvalue weighted by molar-refractivity contribution is 5.98. The zero-order valence-corrected chi connectivity index (χ0v) is 15.3. The van der Waals surface area contributed by atoms with Crippen LogP contribution in [0.2, 0.25) is 0 Å². The van der Waals surface area contributed by atoms with Crippen LogP contribution in [0, 0.1) is 6.92 Å². The molecule has 4 N–H and O–H groups in total. The number of aromatic nitrogens is 2. The summed E-state index contributed by atoms with van der Waals surface area (Å²) in [5, 5.41) is 17.1. The molecule has 0 aliphatic carbocycles. The van der Waals surface area contributed by atoms with Crippen LogP contribution < -0.4 is 20.7 Å². The fourth-order valence-electron chi connectivity index (χ4n) is 2.13. The van der Waals surface area contributed by atoms with Crippen LogP contribution in [0.1, 0.15) is 5.69 Å². The minimum atomic E-state index is -1.01. The van der Waals surface area contributed by atoms with Gasteiger partial charge in [0.1, 0.15) is 11.6 Å². The molecule has 0 bridgehead atoms. The van der Waals surface area contributed by atoms with E-state index in [9.17, 15) is 9.59 Å². The molecular weight excluding hydrogens is 352 g/mol. The number of ether oxygens (including phenoxy) is 1. The van der Waals surface area contributed by atoms with Crippen LogP contribution in [0.5, 0.6) is 5.75 Å². The van der Waals surface area contributed by atoms with Crippen molar-refractivity contribution in [3.05, 3.63) is 36.0 Å². The van der Waals surface area contributed by atoms with Gasteiger partial charge >= 0.3 is 12.1 Å². The molecule has 2 aromatic rings. The van der Waals surface area contributed by atoms with E-state index in [-0.39, 0.29) is 12.5 Å². The maximum Gasteiger partial charge on any atom is 0.407 e. The number of benzene rings is 1. The van der Waals surface area contributed by atoms with Crippen LogP contribution >= 0.6 is 0 Å². The summed E-state index contributed by atoms with van der Waals surface area (Å²) in [5.41, 5.74) is 1.21. The van der Waals surface area contributed by atoms with E-state index < -0.39 is 12.1 Å². The van der Waals surface area contributed by atoms with Crippen LogP contribution in [-0.4, -0.2) is 59.3 Å². The van der Waals surface area contributed by atoms with Crippen molar-refractivity contribution in [3.8, 4) is 5.75 Å². The Hall–Kier alpha value is -3.56. The molecule has 1 aromatic carbocycles. The monoisotopic (exact) mass is 374 g/mol. The van der Waals surface area contributed by atoms with Gasteiger partial charge in [-0.3, -0.25) is 5.32 Å². The highest BCUT2D eigenvalue weighted by atomic mass is 16.5. The van der Waals surface area contributed by atoms with Crippen molar-refractivity contribution in [1.29, 1.82) is 0 Å². The Bertz CT molecular complexity index is 814. The molecule has 144 valence electrons. The summed E-state index contributed by atoms with van der Waals surface area (Å²) in [6.07, 6.45) is -1.01. The smallest absolute Gasteiger partial charge is 0.407 e. The van der Waals surface area contributed by atoms with E-state index in [2.05, 4.69) is 25.9 Å². The highest BCUT2D eigenvalue weighted by Gasteiger charge is 2.09. The van der Waals surface area contributed by atoms with E-state index in [1.54, 1.807) is 44.4 Å². The molecule has 10 heteroatoms. The molecule has 0 unspecified atom stereocenters. The van der Waals surface area contributed by atoms with Crippen molar-refractivity contribution >= 4 is 29.6 Å². The number of likely N-dealkylation sites (N-methyl/N-ethyl adjacent to an activating group) is 1. The van der Waals surface area contributed by atoms with Crippen LogP contribution in [0.4, 0.5) is 27.0 Å². The predicted molar refractivity (Wildman–Crippen MR) is 102 cm³/mol. The third-order valence-electron chi connectivity index (χ3n) is 3.49. The largest absolute Gasteiger partial charge is 0.497 e. The average Bonchev–Trinajstić information content (AvgIpc) is 2.61. The molecule has 0 saturated heterocycles. The molecule has 0 spiro atoms. The first kappa shape index (κ1) is 19.8. The van der Waals surface area contributed by atoms with Crippen molar-refractivity contribution < 1.29 is 19.4 Å². The van der Waals surface area contributed by atoms with Gasteiger partial charge in [-0.1, -0.05) is 6.07 Å². The van der Waals surface area contributed by atoms with E-state index in [4.69, 9.17) is 9.84 Å². The molecule has 0 aliphatic rings. The predicted octanol–water partition coefficient (Wildman–Crippen LogP) is 2.46. The van der Waals surface area contributed by atoms with Gasteiger partial charge in [0.25, 0.3) is 0 Å². The Morgan fingerprint density at radius 2 is 2.00 bits per heavy atom. The third-order valence-corrected chi connectivity index (χ3v) is 3.49. The van der Waals surface area contributed by atoms with E-state index in [0.29, 0.717) is 29.5 Å². The Morgan fingerprint density at radius 3 is 2.70 bits per heavy atom. The first-order chi connectivity index (χ1) is 12.9. The molecule has 27 heavy (non-hydrogen) atoms. The summed E-state index contributed by atoms with van der Waals surface area (Å²) < 4.78 is 5.11. The summed E-state index contributed by atoms with van der Waals surface area (Å²) in [7, 11) is 3.02. The maximum absolute atomic E-state index is 12.1. The minimum absolute atomic E-state index is 0.129. The van der Waals surface area contributed by atoms with Gasteiger partial charge in [-0.25, -0.2) is 14.6 Å². The number of aryl methyl sites for hydroxylation is 1. The van der Waals surface area contributed by atoms with Gasteiger partial charge in [0.2, 0.25) is 5.95 Å². The average molecular weight is 374 g/mol. The number of amides is 3. The number of carbonyl (C=O) groups is 2. The van der Waals surface area contributed by atoms with Gasteiger partial charge in [-0.05, 0) is 19.1 Å². The summed E-state index contributed by atoms with van der Waals surface area (Å²) in [6, 6.07) is 8.14. The number of rotatable bonds is 7. The quantitative estimate of drug-likeness (QED) is 0.586. The van der Waals surface area contributed by atoms with Crippen molar-refractivity contribution in [2.45, 2.75) is 6.92 Å². The van der Waals surface area contributed by atoms with Gasteiger partial charge in [-0.2, -0.15) is 4.98 Å². The van der Waals surface area contributed by atoms with Gasteiger partial charge in [-0.15, -0.1) is 0 Å². The molecule has 0 atom stereocenters. The number of hydrogen-bond donors (Lipinski definition) is 4. The van der Waals surface area contributed by atoms with Crippen molar-refractivity contribution in [1.82, 2.24) is 14.9 Å². The van der Waals surface area contributed by atoms with E-state index in [0.717, 1.165) is 4.90 Å². The molecule has 0 aliphatic heterocycles. The van der Waals surface area contributed by atoms with Crippen molar-refractivity contribution in [2.24, 2.45) is 0 Å². The van der Waals surface area contributed by atoms with Crippen LogP contribution in [0.25, 0.3) is 0 Å². The molecule has 10 nitrogen and oxygen atoms in total. The molecule has 1 heterocycles. The van der Waals surface area contributed by atoms with Gasteiger partial charge in [0.15, 0.2) is 0 Å². The lowest BCUT2D eigenvalue weighted by Gasteiger charge is -2.14. The summed E-state index contributed by atoms with van der Waals surface area (Å²) in [6.45, 7) is 2.42. The van der Waals surface area contributed by atoms with Gasteiger partial charge in [0, 0.05) is 43.7 Å². The Balaban J connectivity index is 1.96. The Labute approximate surface area is 156 Å². The standard InChI is InChI=1S/C17H22N6O4/c1-11-9-14(18-7-8-23(2)17(25)26)21-15(19-11)22-16(24)20-12-5-4-6-13(10-12)27-3/h4-6,9-10H,7-8H2,1-3H3,(H,25,26)(H3,18,19,20,21,22,24). The zero-order chi connectivity index (χ0) is 19.8. The van der Waals surface area contributed by atoms with Gasteiger partial charge in [0.05, 0.1) is 7.11 Å². The number of nitrogens with zero attached hydrogens (tertiary/aromatic N) is 3. The van der Waals surface area contributed by atoms with Crippen molar-refractivity contribution in [3.63, 3.8) is 0 Å². The second-order valence-electron chi connectivity index (χ2n) is 5.66. The number of anilines is 3. The number of methoxy groups -OCH3 is 1. The molecular formula is C17H22N6O4. The number of hydrogen-bond acceptors (Lipinski definition) is 6. The molecule has 0 saturated carbocycles. The number of urea groups is 1. The number of nitrogens with one attached hydrogen (secondary N) is 3. The molecule has 0 fully saturated rings. The fraction of sp³-hybridized carbons (Fsp3) is 0.294. The van der Waals surface area contributed by atoms with E-state index in [1.165, 1.54) is 7.05 Å². The number of carbonyl (C=O) groups excluding carboxylic acids is 1. The lowest BCUT2D eigenvalue weighted by Crippen LogP contribution is -2.30. The normalized spacial score (nSPS) is 10.0. The molecule has 0 radical (unpaired) electrons. The third kappa shape index (κ3) is 6.34. The molecule has 1 aromatic heterocycles. The van der Waals surface area contributed by atoms with Gasteiger partial charge < -0.3 is 25.4 Å². The second-order valence-corrected chi connectivity index (χ2v) is 5.66. The lowest BCUT2D eigenvalue weighted by atomic mass is 10.3. The molecule has 2 rings (SSSR count). The van der Waals surface area contributed by atoms with Crippen LogP contribution in [0.3, 0.4) is 0 Å². The van der Waals surface area contributed by atoms with Crippen LogP contribution in [0.15, 0.2) is 30.3 Å². The minimum Gasteiger partial charge on any atom is -0.497 e. The van der Waals surface area contributed by atoms with E-state index in [1.807, 2.05) is 0 Å². The Kier molecular flexibility index (Phi) is 6.75. The summed E-state index contributed by atoms with van der Waals surface area (Å²) in [5.74, 6) is 1.24. The Morgan fingerprint density at radius 1 is 1.22 bits per heavy atom. The first-order valence-corrected chi connectivity index (χ1v) is 8.13. The lowest BCUT2D eigenvalue weighted by molar-refractivity contribution is 0.157.